The van der Waals surface area contributed by atoms with Crippen molar-refractivity contribution in [2.75, 3.05) is 0 Å². The lowest BCUT2D eigenvalue weighted by atomic mass is 10.3. The molecule has 0 aromatic carbocycles. The van der Waals surface area contributed by atoms with E-state index in [2.05, 4.69) is 42.8 Å². The zero-order valence-electron chi connectivity index (χ0n) is 7.38. The molecule has 0 atom stereocenters. The first kappa shape index (κ1) is 8.25. The van der Waals surface area contributed by atoms with E-state index in [0.717, 1.165) is 13.0 Å². The normalized spacial score (nSPS) is 10.0. The lowest BCUT2D eigenvalue weighted by molar-refractivity contribution is -0.704. The highest BCUT2D eigenvalue weighted by Crippen LogP contribution is 1.92. The number of pyridine rings is 1. The summed E-state index contributed by atoms with van der Waals surface area (Å²) in [6, 6.07) is 6.38. The minimum atomic E-state index is 1.13. The van der Waals surface area contributed by atoms with Crippen molar-refractivity contribution in [1.29, 1.82) is 0 Å². The van der Waals surface area contributed by atoms with Crippen LogP contribution in [0.4, 0.5) is 0 Å². The molecule has 11 heavy (non-hydrogen) atoms. The Labute approximate surface area is 68.7 Å². The molecule has 0 radical (unpaired) electrons. The molecule has 1 heterocycles. The number of hydrogen-bond acceptors (Lipinski definition) is 0. The highest BCUT2D eigenvalue weighted by Gasteiger charge is 2.03. The number of nitrogens with zero attached hydrogens (tertiary/aromatic N) is 1. The first-order chi connectivity index (χ1) is 5.38. The van der Waals surface area contributed by atoms with E-state index in [4.69, 9.17) is 0 Å². The zero-order valence-corrected chi connectivity index (χ0v) is 7.38. The van der Waals surface area contributed by atoms with Crippen molar-refractivity contribution < 1.29 is 4.57 Å². The van der Waals surface area contributed by atoms with Crippen LogP contribution in [0.5, 0.6) is 0 Å². The van der Waals surface area contributed by atoms with E-state index in [9.17, 15) is 0 Å². The van der Waals surface area contributed by atoms with Crippen LogP contribution in [0, 0.1) is 0 Å². The second kappa shape index (κ2) is 4.12. The van der Waals surface area contributed by atoms with Crippen LogP contribution in [0.25, 0.3) is 0 Å². The Kier molecular flexibility index (Phi) is 3.09. The molecule has 0 saturated heterocycles. The molecule has 0 amide bonds. The van der Waals surface area contributed by atoms with Crippen molar-refractivity contribution in [3.05, 3.63) is 30.1 Å². The maximum Gasteiger partial charge on any atom is 0.181 e. The van der Waals surface area contributed by atoms with Crippen LogP contribution < -0.4 is 4.57 Å². The third-order valence-electron chi connectivity index (χ3n) is 1.86. The van der Waals surface area contributed by atoms with Crippen molar-refractivity contribution in [2.24, 2.45) is 0 Å². The fraction of sp³-hybridized carbons (Fsp3) is 0.500. The first-order valence-corrected chi connectivity index (χ1v) is 4.35. The van der Waals surface area contributed by atoms with E-state index in [1.54, 1.807) is 0 Å². The summed E-state index contributed by atoms with van der Waals surface area (Å²) >= 11 is 0. The van der Waals surface area contributed by atoms with Crippen molar-refractivity contribution >= 4 is 0 Å². The quantitative estimate of drug-likeness (QED) is 0.580. The fourth-order valence-electron chi connectivity index (χ4n) is 1.29. The molecule has 1 nitrogen and oxygen atoms in total. The SMILES string of the molecule is CCC[n+]1ccccc1CC. The van der Waals surface area contributed by atoms with Crippen molar-refractivity contribution in [3.63, 3.8) is 0 Å². The van der Waals surface area contributed by atoms with Gasteiger partial charge in [-0.1, -0.05) is 19.9 Å². The molecular weight excluding hydrogens is 134 g/mol. The second-order valence-electron chi connectivity index (χ2n) is 2.74. The summed E-state index contributed by atoms with van der Waals surface area (Å²) in [6.45, 7) is 5.55. The largest absolute Gasteiger partial charge is 0.202 e. The summed E-state index contributed by atoms with van der Waals surface area (Å²) in [5.74, 6) is 0. The van der Waals surface area contributed by atoms with Gasteiger partial charge in [-0.25, -0.2) is 4.57 Å². The predicted octanol–water partition coefficient (Wildman–Crippen LogP) is 1.95. The van der Waals surface area contributed by atoms with Crippen molar-refractivity contribution in [1.82, 2.24) is 0 Å². The minimum absolute atomic E-state index is 1.13. The molecule has 60 valence electrons. The van der Waals surface area contributed by atoms with Gasteiger partial charge < -0.3 is 0 Å². The molecule has 0 fully saturated rings. The van der Waals surface area contributed by atoms with E-state index >= 15 is 0 Å². The van der Waals surface area contributed by atoms with Crippen LogP contribution in [0.3, 0.4) is 0 Å². The Hall–Kier alpha value is -0.850. The van der Waals surface area contributed by atoms with Gasteiger partial charge in [-0.05, 0) is 0 Å². The highest BCUT2D eigenvalue weighted by molar-refractivity contribution is 4.96. The molecule has 1 rings (SSSR count). The predicted molar refractivity (Wildman–Crippen MR) is 46.3 cm³/mol. The summed E-state index contributed by atoms with van der Waals surface area (Å²) in [6.07, 6.45) is 4.49. The average Bonchev–Trinajstić information content (AvgIpc) is 2.06. The summed E-state index contributed by atoms with van der Waals surface area (Å²) in [4.78, 5) is 0. The van der Waals surface area contributed by atoms with Crippen LogP contribution >= 0.6 is 0 Å². The molecule has 0 aliphatic carbocycles. The fourth-order valence-corrected chi connectivity index (χ4v) is 1.29. The van der Waals surface area contributed by atoms with E-state index < -0.39 is 0 Å². The summed E-state index contributed by atoms with van der Waals surface area (Å²) in [7, 11) is 0. The molecule has 0 aliphatic heterocycles. The molecule has 1 heteroatoms. The first-order valence-electron chi connectivity index (χ1n) is 4.35. The number of rotatable bonds is 3. The van der Waals surface area contributed by atoms with Gasteiger partial charge in [0.15, 0.2) is 11.9 Å². The third kappa shape index (κ3) is 2.04. The van der Waals surface area contributed by atoms with E-state index in [0.29, 0.717) is 0 Å². The molecule has 0 aliphatic rings. The summed E-state index contributed by atoms with van der Waals surface area (Å²) < 4.78 is 2.32. The third-order valence-corrected chi connectivity index (χ3v) is 1.86. The minimum Gasteiger partial charge on any atom is -0.202 e. The van der Waals surface area contributed by atoms with E-state index in [-0.39, 0.29) is 0 Å². The van der Waals surface area contributed by atoms with Crippen LogP contribution in [0.15, 0.2) is 24.4 Å². The van der Waals surface area contributed by atoms with E-state index in [1.165, 1.54) is 12.1 Å². The van der Waals surface area contributed by atoms with Gasteiger partial charge in [0.1, 0.15) is 6.54 Å². The van der Waals surface area contributed by atoms with Gasteiger partial charge in [0.05, 0.1) is 0 Å². The summed E-state index contributed by atoms with van der Waals surface area (Å²) in [5.41, 5.74) is 1.43. The average molecular weight is 150 g/mol. The Morgan fingerprint density at radius 2 is 2.09 bits per heavy atom. The molecular formula is C10H16N+. The molecule has 0 saturated carbocycles. The second-order valence-corrected chi connectivity index (χ2v) is 2.74. The van der Waals surface area contributed by atoms with Gasteiger partial charge in [-0.3, -0.25) is 0 Å². The maximum atomic E-state index is 2.32. The Bertz CT molecular complexity index is 218. The van der Waals surface area contributed by atoms with Gasteiger partial charge in [-0.2, -0.15) is 0 Å². The number of aryl methyl sites for hydroxylation is 2. The van der Waals surface area contributed by atoms with Gasteiger partial charge in [0.25, 0.3) is 0 Å². The molecule has 0 N–H and O–H groups in total. The van der Waals surface area contributed by atoms with Crippen LogP contribution in [0.1, 0.15) is 26.0 Å². The Morgan fingerprint density at radius 1 is 1.27 bits per heavy atom. The lowest BCUT2D eigenvalue weighted by Crippen LogP contribution is -2.37. The van der Waals surface area contributed by atoms with Gasteiger partial charge in [0.2, 0.25) is 0 Å². The molecule has 1 aromatic rings. The van der Waals surface area contributed by atoms with E-state index in [1.807, 2.05) is 0 Å². The molecule has 1 aromatic heterocycles. The van der Waals surface area contributed by atoms with Crippen LogP contribution in [-0.2, 0) is 13.0 Å². The Morgan fingerprint density at radius 3 is 2.73 bits per heavy atom. The Balaban J connectivity index is 2.83. The zero-order chi connectivity index (χ0) is 8.10. The van der Waals surface area contributed by atoms with Crippen molar-refractivity contribution in [2.45, 2.75) is 33.2 Å². The number of hydrogen-bond donors (Lipinski definition) is 0. The lowest BCUT2D eigenvalue weighted by Gasteiger charge is -1.98. The van der Waals surface area contributed by atoms with Crippen LogP contribution in [-0.4, -0.2) is 0 Å². The molecule has 0 bridgehead atoms. The topological polar surface area (TPSA) is 3.88 Å². The van der Waals surface area contributed by atoms with Crippen molar-refractivity contribution in [3.8, 4) is 0 Å². The summed E-state index contributed by atoms with van der Waals surface area (Å²) in [5, 5.41) is 0. The van der Waals surface area contributed by atoms with Crippen LogP contribution in [0.2, 0.25) is 0 Å². The standard InChI is InChI=1S/C10H16N/c1-3-8-11-9-6-5-7-10(11)4-2/h5-7,9H,3-4,8H2,1-2H3/q+1. The van der Waals surface area contributed by atoms with Gasteiger partial charge >= 0.3 is 0 Å². The molecule has 0 unspecified atom stereocenters. The van der Waals surface area contributed by atoms with Gasteiger partial charge in [0, 0.05) is 25.0 Å². The number of aromatic nitrogens is 1. The smallest absolute Gasteiger partial charge is 0.181 e. The molecule has 0 spiro atoms. The highest BCUT2D eigenvalue weighted by atomic mass is 14.9. The van der Waals surface area contributed by atoms with Gasteiger partial charge in [-0.15, -0.1) is 0 Å². The monoisotopic (exact) mass is 150 g/mol. The maximum absolute atomic E-state index is 2.32.